The zero-order chi connectivity index (χ0) is 10.4. The van der Waals surface area contributed by atoms with Crippen molar-refractivity contribution < 1.29 is 5.11 Å². The van der Waals surface area contributed by atoms with Crippen LogP contribution in [-0.2, 0) is 6.42 Å². The molecule has 0 bridgehead atoms. The largest absolute Gasteiger partial charge is 0.395 e. The second-order valence-electron chi connectivity index (χ2n) is 3.27. The summed E-state index contributed by atoms with van der Waals surface area (Å²) in [6, 6.07) is 10.5. The Labute approximate surface area is 89.6 Å². The number of benzene rings is 1. The highest BCUT2D eigenvalue weighted by Crippen LogP contribution is 2.27. The van der Waals surface area contributed by atoms with Crippen molar-refractivity contribution in [1.82, 2.24) is 4.67 Å². The molecule has 0 fully saturated rings. The lowest BCUT2D eigenvalue weighted by molar-refractivity contribution is 0.208. The zero-order valence-electron chi connectivity index (χ0n) is 8.35. The third-order valence-corrected chi connectivity index (χ3v) is 4.27. The lowest BCUT2D eigenvalue weighted by atomic mass is 10.1. The van der Waals surface area contributed by atoms with E-state index in [9.17, 15) is 5.11 Å². The number of aliphatic hydroxyl groups excluding tert-OH is 1. The van der Waals surface area contributed by atoms with E-state index in [1.54, 1.807) is 0 Å². The summed E-state index contributed by atoms with van der Waals surface area (Å²) in [5.41, 5.74) is 1.28. The van der Waals surface area contributed by atoms with Crippen LogP contribution in [0.15, 0.2) is 30.3 Å². The number of hydrogen-bond donors (Lipinski definition) is 1. The second-order valence-corrected chi connectivity index (χ2v) is 5.00. The molecule has 0 aromatic heterocycles. The number of hydrogen-bond acceptors (Lipinski definition) is 2. The van der Waals surface area contributed by atoms with Crippen LogP contribution in [0.3, 0.4) is 0 Å². The van der Waals surface area contributed by atoms with Crippen molar-refractivity contribution in [2.24, 2.45) is 0 Å². The highest BCUT2D eigenvalue weighted by molar-refractivity contribution is 8.01. The molecule has 1 aromatic carbocycles. The van der Waals surface area contributed by atoms with E-state index in [0.717, 1.165) is 6.42 Å². The minimum absolute atomic E-state index is 0.215. The minimum atomic E-state index is 0.215. The van der Waals surface area contributed by atoms with E-state index in [0.29, 0.717) is 8.42 Å². The summed E-state index contributed by atoms with van der Waals surface area (Å²) in [6.07, 6.45) is 0.912. The van der Waals surface area contributed by atoms with Gasteiger partial charge in [0.15, 0.2) is 0 Å². The number of nitrogens with zero attached hydrogens (tertiary/aromatic N) is 1. The first-order valence-electron chi connectivity index (χ1n) is 4.61. The van der Waals surface area contributed by atoms with Gasteiger partial charge in [-0.2, -0.15) is 0 Å². The topological polar surface area (TPSA) is 23.5 Å². The molecule has 0 amide bonds. The average Bonchev–Trinajstić information content (AvgIpc) is 2.26. The van der Waals surface area contributed by atoms with E-state index in [4.69, 9.17) is 0 Å². The van der Waals surface area contributed by atoms with Crippen LogP contribution in [0.5, 0.6) is 0 Å². The van der Waals surface area contributed by atoms with Crippen LogP contribution in [0.1, 0.15) is 5.56 Å². The van der Waals surface area contributed by atoms with Gasteiger partial charge in [0.25, 0.3) is 0 Å². The molecule has 1 aromatic rings. The number of aliphatic hydroxyl groups is 1. The monoisotopic (exact) mass is 229 g/mol. The molecule has 0 aliphatic rings. The van der Waals surface area contributed by atoms with Gasteiger partial charge in [-0.15, -0.1) is 0 Å². The SMILES string of the molecule is CN(PP)[C@H](CO)Cc1ccccc1. The Morgan fingerprint density at radius 2 is 2.07 bits per heavy atom. The van der Waals surface area contributed by atoms with Crippen molar-refractivity contribution in [3.8, 4) is 0 Å². The van der Waals surface area contributed by atoms with Gasteiger partial charge >= 0.3 is 0 Å². The highest BCUT2D eigenvalue weighted by Gasteiger charge is 2.12. The lowest BCUT2D eigenvalue weighted by Crippen LogP contribution is -2.29. The fourth-order valence-corrected chi connectivity index (χ4v) is 2.33. The Kier molecular flexibility index (Phi) is 5.59. The van der Waals surface area contributed by atoms with E-state index in [-0.39, 0.29) is 12.6 Å². The predicted octanol–water partition coefficient (Wildman–Crippen LogP) is 1.91. The molecule has 0 aliphatic carbocycles. The molecule has 2 unspecified atom stereocenters. The first kappa shape index (κ1) is 12.1. The van der Waals surface area contributed by atoms with Gasteiger partial charge in [-0.3, -0.25) is 4.67 Å². The maximum Gasteiger partial charge on any atom is 0.0593 e. The molecule has 14 heavy (non-hydrogen) atoms. The average molecular weight is 229 g/mol. The molecule has 78 valence electrons. The minimum Gasteiger partial charge on any atom is -0.395 e. The van der Waals surface area contributed by atoms with Crippen molar-refractivity contribution >= 4 is 17.3 Å². The van der Waals surface area contributed by atoms with Crippen LogP contribution in [0, 0.1) is 0 Å². The van der Waals surface area contributed by atoms with E-state index in [1.165, 1.54) is 5.56 Å². The van der Waals surface area contributed by atoms with Crippen LogP contribution < -0.4 is 0 Å². The van der Waals surface area contributed by atoms with Gasteiger partial charge < -0.3 is 5.11 Å². The van der Waals surface area contributed by atoms with E-state index in [2.05, 4.69) is 25.7 Å². The fourth-order valence-electron chi connectivity index (χ4n) is 1.32. The number of likely N-dealkylation sites (N-methyl/N-ethyl adjacent to an activating group) is 1. The van der Waals surface area contributed by atoms with Crippen LogP contribution >= 0.6 is 17.3 Å². The molecule has 2 nitrogen and oxygen atoms in total. The Hall–Kier alpha value is 0. The third kappa shape index (κ3) is 3.63. The van der Waals surface area contributed by atoms with Gasteiger partial charge in [0.05, 0.1) is 6.61 Å². The van der Waals surface area contributed by atoms with Crippen molar-refractivity contribution in [3.05, 3.63) is 35.9 Å². The summed E-state index contributed by atoms with van der Waals surface area (Å²) >= 11 is 0. The summed E-state index contributed by atoms with van der Waals surface area (Å²) in [4.78, 5) is 0. The van der Waals surface area contributed by atoms with Gasteiger partial charge in [-0.1, -0.05) is 39.3 Å². The van der Waals surface area contributed by atoms with Gasteiger partial charge in [-0.25, -0.2) is 0 Å². The quantitative estimate of drug-likeness (QED) is 0.779. The maximum atomic E-state index is 9.24. The first-order chi connectivity index (χ1) is 6.77. The maximum absolute atomic E-state index is 9.24. The van der Waals surface area contributed by atoms with Crippen molar-refractivity contribution in [3.63, 3.8) is 0 Å². The molecule has 0 saturated carbocycles. The highest BCUT2D eigenvalue weighted by atomic mass is 32.0. The summed E-state index contributed by atoms with van der Waals surface area (Å²) in [5, 5.41) is 9.24. The molecule has 0 spiro atoms. The molecule has 0 aliphatic heterocycles. The van der Waals surface area contributed by atoms with E-state index < -0.39 is 0 Å². The second kappa shape index (κ2) is 6.48. The fraction of sp³-hybridized carbons (Fsp3) is 0.400. The van der Waals surface area contributed by atoms with Crippen molar-refractivity contribution in [2.75, 3.05) is 13.7 Å². The standard InChI is InChI=1S/C10H17NOP2/c1-11(14-13)10(8-12)7-9-5-3-2-4-6-9/h2-6,10,12,14H,7-8,13H2,1H3/t10-/m0/s1. The number of rotatable bonds is 5. The normalized spacial score (nSPS) is 14.0. The van der Waals surface area contributed by atoms with Crippen LogP contribution in [0.25, 0.3) is 0 Å². The summed E-state index contributed by atoms with van der Waals surface area (Å²) in [5.74, 6) is 0. The molecule has 0 heterocycles. The Morgan fingerprint density at radius 3 is 2.57 bits per heavy atom. The summed E-state index contributed by atoms with van der Waals surface area (Å²) < 4.78 is 2.16. The molecule has 1 rings (SSSR count). The Bertz CT molecular complexity index is 256. The molecule has 4 heteroatoms. The summed E-state index contributed by atoms with van der Waals surface area (Å²) in [7, 11) is 5.40. The smallest absolute Gasteiger partial charge is 0.0593 e. The Balaban J connectivity index is 2.57. The molecule has 0 saturated heterocycles. The third-order valence-electron chi connectivity index (χ3n) is 2.28. The van der Waals surface area contributed by atoms with Gasteiger partial charge in [0.1, 0.15) is 0 Å². The van der Waals surface area contributed by atoms with Gasteiger partial charge in [0.2, 0.25) is 0 Å². The first-order valence-corrected chi connectivity index (χ1v) is 7.37. The molecule has 1 N–H and O–H groups in total. The molecule has 0 radical (unpaired) electrons. The van der Waals surface area contributed by atoms with Gasteiger partial charge in [-0.05, 0) is 27.5 Å². The molecule has 3 atom stereocenters. The van der Waals surface area contributed by atoms with Crippen molar-refractivity contribution in [2.45, 2.75) is 12.5 Å². The van der Waals surface area contributed by atoms with Crippen LogP contribution in [0.4, 0.5) is 0 Å². The van der Waals surface area contributed by atoms with Crippen LogP contribution in [0.2, 0.25) is 0 Å². The lowest BCUT2D eigenvalue weighted by Gasteiger charge is -2.24. The summed E-state index contributed by atoms with van der Waals surface area (Å²) in [6.45, 7) is 0.215. The van der Waals surface area contributed by atoms with E-state index >= 15 is 0 Å². The Morgan fingerprint density at radius 1 is 1.43 bits per heavy atom. The zero-order valence-corrected chi connectivity index (χ0v) is 10.5. The van der Waals surface area contributed by atoms with Gasteiger partial charge in [0, 0.05) is 6.04 Å². The predicted molar refractivity (Wildman–Crippen MR) is 66.8 cm³/mol. The van der Waals surface area contributed by atoms with E-state index in [1.807, 2.05) is 25.2 Å². The molecular formula is C10H17NOP2. The van der Waals surface area contributed by atoms with Crippen LogP contribution in [-0.4, -0.2) is 29.5 Å². The van der Waals surface area contributed by atoms with Crippen molar-refractivity contribution in [1.29, 1.82) is 0 Å². The molecular weight excluding hydrogens is 212 g/mol.